The fraction of sp³-hybridized carbons (Fsp3) is 0.591. The van der Waals surface area contributed by atoms with Crippen LogP contribution in [0.25, 0.3) is 0 Å². The number of ketones is 1. The average molecular weight is 389 g/mol. The number of carbonyl (C=O) groups excluding carboxylic acids is 2. The second-order valence-corrected chi connectivity index (χ2v) is 7.68. The molecule has 1 aromatic carbocycles. The lowest BCUT2D eigenvalue weighted by Crippen LogP contribution is -2.30. The summed E-state index contributed by atoms with van der Waals surface area (Å²) in [6, 6.07) is 7.79. The van der Waals surface area contributed by atoms with Gasteiger partial charge in [0.05, 0.1) is 13.0 Å². The lowest BCUT2D eigenvalue weighted by molar-refractivity contribution is -0.142. The summed E-state index contributed by atoms with van der Waals surface area (Å²) < 4.78 is 5.17. The molecule has 154 valence electrons. The van der Waals surface area contributed by atoms with E-state index >= 15 is 0 Å². The fourth-order valence-electron chi connectivity index (χ4n) is 4.04. The van der Waals surface area contributed by atoms with Crippen LogP contribution in [0, 0.1) is 5.41 Å². The highest BCUT2D eigenvalue weighted by Gasteiger charge is 2.36. The van der Waals surface area contributed by atoms with E-state index in [1.54, 1.807) is 0 Å². The average Bonchev–Trinajstić information content (AvgIpc) is 2.66. The molecule has 2 N–H and O–H groups in total. The molecule has 1 saturated carbocycles. The third kappa shape index (κ3) is 6.98. The maximum atomic E-state index is 12.3. The van der Waals surface area contributed by atoms with Crippen molar-refractivity contribution >= 4 is 23.4 Å². The monoisotopic (exact) mass is 389 g/mol. The number of aliphatic carboxylic acids is 1. The first-order valence-electron chi connectivity index (χ1n) is 10.1. The van der Waals surface area contributed by atoms with Gasteiger partial charge in [-0.2, -0.15) is 0 Å². The van der Waals surface area contributed by atoms with Crippen LogP contribution in [-0.2, 0) is 25.5 Å². The van der Waals surface area contributed by atoms with Crippen molar-refractivity contribution in [3.8, 4) is 0 Å². The van der Waals surface area contributed by atoms with Gasteiger partial charge in [-0.05, 0) is 36.3 Å². The van der Waals surface area contributed by atoms with Crippen molar-refractivity contribution in [2.45, 2.75) is 64.7 Å². The van der Waals surface area contributed by atoms with Crippen LogP contribution in [0.3, 0.4) is 0 Å². The Morgan fingerprint density at radius 3 is 2.50 bits per heavy atom. The molecule has 0 aliphatic heterocycles. The highest BCUT2D eigenvalue weighted by Crippen LogP contribution is 2.42. The van der Waals surface area contributed by atoms with E-state index in [9.17, 15) is 19.5 Å². The summed E-state index contributed by atoms with van der Waals surface area (Å²) in [4.78, 5) is 35.5. The zero-order chi connectivity index (χ0) is 20.4. The SMILES string of the molecule is CCc1ccccc1NCC(=O)OCCC(=O)CC1(CC(=O)O)CCCCC1. The van der Waals surface area contributed by atoms with Crippen LogP contribution in [0.5, 0.6) is 0 Å². The summed E-state index contributed by atoms with van der Waals surface area (Å²) in [5.41, 5.74) is 1.61. The Hall–Kier alpha value is -2.37. The molecule has 28 heavy (non-hydrogen) atoms. The van der Waals surface area contributed by atoms with Gasteiger partial charge >= 0.3 is 11.9 Å². The Bertz CT molecular complexity index is 679. The van der Waals surface area contributed by atoms with Crippen LogP contribution in [0.2, 0.25) is 0 Å². The molecule has 0 bridgehead atoms. The van der Waals surface area contributed by atoms with Crippen LogP contribution in [0.1, 0.15) is 63.9 Å². The molecule has 1 aliphatic carbocycles. The molecule has 0 spiro atoms. The standard InChI is InChI=1S/C22H31NO5/c1-2-17-8-4-5-9-19(17)23-16-21(27)28-13-10-18(24)14-22(15-20(25)26)11-6-3-7-12-22/h4-5,8-9,23H,2-3,6-7,10-16H2,1H3,(H,25,26). The summed E-state index contributed by atoms with van der Waals surface area (Å²) in [5.74, 6) is -1.28. The first kappa shape index (κ1) is 21.9. The Labute approximate surface area is 166 Å². The molecule has 6 heteroatoms. The third-order valence-corrected chi connectivity index (χ3v) is 5.48. The van der Waals surface area contributed by atoms with Gasteiger partial charge in [-0.3, -0.25) is 14.4 Å². The van der Waals surface area contributed by atoms with Crippen molar-refractivity contribution < 1.29 is 24.2 Å². The van der Waals surface area contributed by atoms with Gasteiger partial charge in [0, 0.05) is 18.5 Å². The van der Waals surface area contributed by atoms with Crippen molar-refractivity contribution in [2.75, 3.05) is 18.5 Å². The molecule has 0 saturated heterocycles. The fourth-order valence-corrected chi connectivity index (χ4v) is 4.04. The van der Waals surface area contributed by atoms with Gasteiger partial charge in [0.2, 0.25) is 0 Å². The van der Waals surface area contributed by atoms with Crippen LogP contribution in [0.4, 0.5) is 5.69 Å². The van der Waals surface area contributed by atoms with Crippen molar-refractivity contribution in [1.29, 1.82) is 0 Å². The molecule has 0 heterocycles. The minimum Gasteiger partial charge on any atom is -0.481 e. The molecule has 0 radical (unpaired) electrons. The highest BCUT2D eigenvalue weighted by atomic mass is 16.5. The number of carboxylic acid groups (broad SMARTS) is 1. The number of anilines is 1. The third-order valence-electron chi connectivity index (χ3n) is 5.48. The number of aryl methyl sites for hydroxylation is 1. The van der Waals surface area contributed by atoms with Gasteiger partial charge in [-0.1, -0.05) is 44.4 Å². The van der Waals surface area contributed by atoms with Crippen LogP contribution in [0.15, 0.2) is 24.3 Å². The summed E-state index contributed by atoms with van der Waals surface area (Å²) in [6.45, 7) is 2.14. The normalized spacial score (nSPS) is 15.6. The van der Waals surface area contributed by atoms with Crippen LogP contribution in [-0.4, -0.2) is 36.0 Å². The molecule has 1 fully saturated rings. The number of para-hydroxylation sites is 1. The molecule has 6 nitrogen and oxygen atoms in total. The van der Waals surface area contributed by atoms with E-state index in [1.165, 1.54) is 0 Å². The van der Waals surface area contributed by atoms with E-state index in [0.29, 0.717) is 0 Å². The molecule has 0 unspecified atom stereocenters. The lowest BCUT2D eigenvalue weighted by Gasteiger charge is -2.35. The zero-order valence-corrected chi connectivity index (χ0v) is 16.7. The molecule has 1 aliphatic rings. The first-order valence-corrected chi connectivity index (χ1v) is 10.1. The van der Waals surface area contributed by atoms with Gasteiger partial charge in [0.1, 0.15) is 12.3 Å². The predicted octanol–water partition coefficient (Wildman–Crippen LogP) is 3.98. The molecular formula is C22H31NO5. The van der Waals surface area contributed by atoms with Crippen LogP contribution < -0.4 is 5.32 Å². The molecular weight excluding hydrogens is 358 g/mol. The van der Waals surface area contributed by atoms with Crippen molar-refractivity contribution in [2.24, 2.45) is 5.41 Å². The number of rotatable bonds is 11. The molecule has 0 amide bonds. The van der Waals surface area contributed by atoms with Crippen LogP contribution >= 0.6 is 0 Å². The number of Topliss-reactive ketones (excluding diaryl/α,β-unsaturated/α-hetero) is 1. The van der Waals surface area contributed by atoms with E-state index in [2.05, 4.69) is 5.32 Å². The lowest BCUT2D eigenvalue weighted by atomic mass is 9.68. The Morgan fingerprint density at radius 2 is 1.82 bits per heavy atom. The molecule has 2 rings (SSSR count). The zero-order valence-electron chi connectivity index (χ0n) is 16.7. The Morgan fingerprint density at radius 1 is 1.11 bits per heavy atom. The highest BCUT2D eigenvalue weighted by molar-refractivity contribution is 5.81. The topological polar surface area (TPSA) is 92.7 Å². The Kier molecular flexibility index (Phi) is 8.48. The maximum Gasteiger partial charge on any atom is 0.325 e. The van der Waals surface area contributed by atoms with Gasteiger partial charge in [-0.25, -0.2) is 0 Å². The van der Waals surface area contributed by atoms with E-state index in [4.69, 9.17) is 4.74 Å². The summed E-state index contributed by atoms with van der Waals surface area (Å²) >= 11 is 0. The number of carboxylic acids is 1. The summed E-state index contributed by atoms with van der Waals surface area (Å²) in [7, 11) is 0. The molecule has 0 atom stereocenters. The minimum atomic E-state index is -0.848. The molecule has 1 aromatic rings. The largest absolute Gasteiger partial charge is 0.481 e. The quantitative estimate of drug-likeness (QED) is 0.556. The predicted molar refractivity (Wildman–Crippen MR) is 107 cm³/mol. The summed E-state index contributed by atoms with van der Waals surface area (Å²) in [5, 5.41) is 12.3. The van der Waals surface area contributed by atoms with Gasteiger partial charge in [-0.15, -0.1) is 0 Å². The molecule has 0 aromatic heterocycles. The maximum absolute atomic E-state index is 12.3. The minimum absolute atomic E-state index is 0.0276. The van der Waals surface area contributed by atoms with Gasteiger partial charge in [0.25, 0.3) is 0 Å². The van der Waals surface area contributed by atoms with Crippen molar-refractivity contribution in [3.63, 3.8) is 0 Å². The second-order valence-electron chi connectivity index (χ2n) is 7.68. The van der Waals surface area contributed by atoms with Crippen molar-refractivity contribution in [1.82, 2.24) is 0 Å². The van der Waals surface area contributed by atoms with E-state index in [-0.39, 0.29) is 38.2 Å². The number of nitrogens with one attached hydrogen (secondary N) is 1. The van der Waals surface area contributed by atoms with Gasteiger partial charge in [0.15, 0.2) is 0 Å². The number of hydrogen-bond donors (Lipinski definition) is 2. The summed E-state index contributed by atoms with van der Waals surface area (Å²) in [6.07, 6.45) is 5.92. The van der Waals surface area contributed by atoms with Crippen molar-refractivity contribution in [3.05, 3.63) is 29.8 Å². The smallest absolute Gasteiger partial charge is 0.325 e. The second kappa shape index (κ2) is 10.8. The number of carbonyl (C=O) groups is 3. The van der Waals surface area contributed by atoms with E-state index in [1.807, 2.05) is 31.2 Å². The van der Waals surface area contributed by atoms with E-state index < -0.39 is 17.4 Å². The Balaban J connectivity index is 1.73. The number of esters is 1. The van der Waals surface area contributed by atoms with Gasteiger partial charge < -0.3 is 15.2 Å². The number of hydrogen-bond acceptors (Lipinski definition) is 5. The first-order chi connectivity index (χ1) is 13.4. The number of benzene rings is 1. The number of ether oxygens (including phenoxy) is 1. The van der Waals surface area contributed by atoms with E-state index in [0.717, 1.165) is 49.8 Å².